The van der Waals surface area contributed by atoms with Gasteiger partial charge >= 0.3 is 0 Å². The zero-order valence-corrected chi connectivity index (χ0v) is 11.8. The van der Waals surface area contributed by atoms with Crippen LogP contribution in [-0.2, 0) is 4.79 Å². The smallest absolute Gasteiger partial charge is 0.255 e. The Balaban J connectivity index is 1.83. The van der Waals surface area contributed by atoms with Gasteiger partial charge in [0.05, 0.1) is 0 Å². The topological polar surface area (TPSA) is 53.2 Å². The van der Waals surface area contributed by atoms with Gasteiger partial charge in [-0.3, -0.25) is 9.59 Å². The number of carbonyl (C=O) groups excluding carboxylic acids is 1. The summed E-state index contributed by atoms with van der Waals surface area (Å²) in [6.07, 6.45) is 6.44. The van der Waals surface area contributed by atoms with Crippen LogP contribution in [0, 0.1) is 0 Å². The number of pyridine rings is 1. The minimum absolute atomic E-state index is 0.0118. The van der Waals surface area contributed by atoms with E-state index in [4.69, 9.17) is 0 Å². The Morgan fingerprint density at radius 1 is 1.14 bits per heavy atom. The Bertz CT molecular complexity index is 740. The number of carbonyl (C=O) groups is 1. The van der Waals surface area contributed by atoms with Gasteiger partial charge in [-0.25, -0.2) is 0 Å². The van der Waals surface area contributed by atoms with Crippen LogP contribution in [0.3, 0.4) is 0 Å². The summed E-state index contributed by atoms with van der Waals surface area (Å²) in [4.78, 5) is 28.7. The number of rotatable bonds is 2. The number of fused-ring (bicyclic) bond motifs is 1. The maximum absolute atomic E-state index is 12.1. The molecule has 0 unspecified atom stereocenters. The molecular formula is C17H18N2O2. The number of hydrogen-bond acceptors (Lipinski definition) is 2. The van der Waals surface area contributed by atoms with Crippen LogP contribution < -0.4 is 5.56 Å². The predicted molar refractivity (Wildman–Crippen MR) is 84.0 cm³/mol. The second-order valence-electron chi connectivity index (χ2n) is 5.36. The fourth-order valence-corrected chi connectivity index (χ4v) is 2.67. The molecule has 0 atom stereocenters. The molecule has 21 heavy (non-hydrogen) atoms. The van der Waals surface area contributed by atoms with E-state index in [1.165, 1.54) is 12.5 Å². The highest BCUT2D eigenvalue weighted by Gasteiger charge is 2.13. The number of benzene rings is 1. The molecule has 4 nitrogen and oxygen atoms in total. The monoisotopic (exact) mass is 282 g/mol. The molecule has 1 aromatic carbocycles. The lowest BCUT2D eigenvalue weighted by Gasteiger charge is -2.25. The Morgan fingerprint density at radius 3 is 2.71 bits per heavy atom. The van der Waals surface area contributed by atoms with Crippen LogP contribution in [0.15, 0.2) is 41.2 Å². The minimum Gasteiger partial charge on any atom is -0.339 e. The maximum atomic E-state index is 12.1. The normalized spacial score (nSPS) is 15.7. The average molecular weight is 282 g/mol. The maximum Gasteiger partial charge on any atom is 0.255 e. The summed E-state index contributed by atoms with van der Waals surface area (Å²) >= 11 is 0. The van der Waals surface area contributed by atoms with Crippen LogP contribution in [0.1, 0.15) is 24.8 Å². The van der Waals surface area contributed by atoms with Gasteiger partial charge in [-0.05, 0) is 42.9 Å². The van der Waals surface area contributed by atoms with Gasteiger partial charge < -0.3 is 9.88 Å². The van der Waals surface area contributed by atoms with E-state index in [2.05, 4.69) is 4.98 Å². The molecular weight excluding hydrogens is 264 g/mol. The second-order valence-corrected chi connectivity index (χ2v) is 5.36. The summed E-state index contributed by atoms with van der Waals surface area (Å²) in [7, 11) is 0. The van der Waals surface area contributed by atoms with E-state index in [1.807, 2.05) is 35.2 Å². The minimum atomic E-state index is -0.170. The molecule has 0 aliphatic carbocycles. The zero-order valence-electron chi connectivity index (χ0n) is 11.8. The molecule has 0 saturated carbocycles. The molecule has 3 rings (SSSR count). The Labute approximate surface area is 123 Å². The van der Waals surface area contributed by atoms with Gasteiger partial charge in [0.25, 0.3) is 5.56 Å². The van der Waals surface area contributed by atoms with Crippen LogP contribution >= 0.6 is 0 Å². The van der Waals surface area contributed by atoms with E-state index in [0.717, 1.165) is 36.8 Å². The Kier molecular flexibility index (Phi) is 3.86. The van der Waals surface area contributed by atoms with Crippen LogP contribution in [0.25, 0.3) is 17.0 Å². The lowest BCUT2D eigenvalue weighted by atomic mass is 10.1. The highest BCUT2D eigenvalue weighted by Crippen LogP contribution is 2.12. The van der Waals surface area contributed by atoms with Crippen LogP contribution in [0.2, 0.25) is 0 Å². The van der Waals surface area contributed by atoms with Crippen molar-refractivity contribution in [3.63, 3.8) is 0 Å². The number of nitrogens with one attached hydrogen (secondary N) is 1. The molecule has 4 heteroatoms. The zero-order chi connectivity index (χ0) is 14.7. The van der Waals surface area contributed by atoms with Crippen molar-refractivity contribution in [3.8, 4) is 0 Å². The molecule has 2 aromatic rings. The Hall–Kier alpha value is -2.36. The van der Waals surface area contributed by atoms with Gasteiger partial charge in [-0.2, -0.15) is 0 Å². The predicted octanol–water partition coefficient (Wildman–Crippen LogP) is 2.55. The van der Waals surface area contributed by atoms with E-state index in [-0.39, 0.29) is 11.5 Å². The van der Waals surface area contributed by atoms with E-state index < -0.39 is 0 Å². The van der Waals surface area contributed by atoms with E-state index >= 15 is 0 Å². The number of aromatic nitrogens is 1. The molecule has 1 N–H and O–H groups in total. The van der Waals surface area contributed by atoms with Gasteiger partial charge in [0.15, 0.2) is 0 Å². The molecule has 1 aromatic heterocycles. The van der Waals surface area contributed by atoms with Crippen molar-refractivity contribution < 1.29 is 4.79 Å². The molecule has 1 aliphatic rings. The number of para-hydroxylation sites is 1. The van der Waals surface area contributed by atoms with Crippen molar-refractivity contribution in [1.29, 1.82) is 0 Å². The number of hydrogen-bond donors (Lipinski definition) is 1. The van der Waals surface area contributed by atoms with Crippen LogP contribution in [0.4, 0.5) is 0 Å². The first-order valence-electron chi connectivity index (χ1n) is 7.33. The highest BCUT2D eigenvalue weighted by atomic mass is 16.2. The summed E-state index contributed by atoms with van der Waals surface area (Å²) < 4.78 is 0. The second kappa shape index (κ2) is 5.95. The van der Waals surface area contributed by atoms with E-state index in [1.54, 1.807) is 6.08 Å². The third-order valence-corrected chi connectivity index (χ3v) is 3.86. The average Bonchev–Trinajstić information content (AvgIpc) is 2.53. The lowest BCUT2D eigenvalue weighted by molar-refractivity contribution is -0.126. The standard InChI is InChI=1S/C17H18N2O2/c20-16(19-10-4-1-5-11-19)9-8-14-12-13-6-2-3-7-15(13)18-17(14)21/h2-3,6-9,12H,1,4-5,10-11H2,(H,18,21)/b9-8+. The quantitative estimate of drug-likeness (QED) is 0.861. The molecule has 1 fully saturated rings. The van der Waals surface area contributed by atoms with Crippen molar-refractivity contribution in [2.24, 2.45) is 0 Å². The summed E-state index contributed by atoms with van der Waals surface area (Å²) in [6.45, 7) is 1.63. The van der Waals surface area contributed by atoms with Gasteiger partial charge in [0.2, 0.25) is 5.91 Å². The molecule has 0 spiro atoms. The number of likely N-dealkylation sites (tertiary alicyclic amines) is 1. The van der Waals surface area contributed by atoms with Crippen LogP contribution in [0.5, 0.6) is 0 Å². The number of amides is 1. The van der Waals surface area contributed by atoms with Crippen molar-refractivity contribution >= 4 is 22.9 Å². The Morgan fingerprint density at radius 2 is 1.90 bits per heavy atom. The molecule has 1 saturated heterocycles. The number of piperidine rings is 1. The van der Waals surface area contributed by atoms with E-state index in [0.29, 0.717) is 5.56 Å². The molecule has 0 bridgehead atoms. The van der Waals surface area contributed by atoms with Gasteiger partial charge in [-0.15, -0.1) is 0 Å². The fraction of sp³-hybridized carbons (Fsp3) is 0.294. The summed E-state index contributed by atoms with van der Waals surface area (Å²) in [5, 5.41) is 0.960. The fourth-order valence-electron chi connectivity index (χ4n) is 2.67. The first kappa shape index (κ1) is 13.6. The van der Waals surface area contributed by atoms with Gasteiger partial charge in [0.1, 0.15) is 0 Å². The van der Waals surface area contributed by atoms with Crippen molar-refractivity contribution in [2.45, 2.75) is 19.3 Å². The summed E-state index contributed by atoms with van der Waals surface area (Å²) in [6, 6.07) is 9.42. The SMILES string of the molecule is O=C(/C=C/c1cc2ccccc2[nH]c1=O)N1CCCCC1. The molecule has 1 aliphatic heterocycles. The summed E-state index contributed by atoms with van der Waals surface area (Å²) in [5.41, 5.74) is 1.15. The number of aromatic amines is 1. The van der Waals surface area contributed by atoms with Gasteiger partial charge in [0, 0.05) is 30.2 Å². The first-order valence-corrected chi connectivity index (χ1v) is 7.33. The van der Waals surface area contributed by atoms with Gasteiger partial charge in [-0.1, -0.05) is 18.2 Å². The third-order valence-electron chi connectivity index (χ3n) is 3.86. The largest absolute Gasteiger partial charge is 0.339 e. The van der Waals surface area contributed by atoms with Crippen LogP contribution in [-0.4, -0.2) is 28.9 Å². The third kappa shape index (κ3) is 3.05. The highest BCUT2D eigenvalue weighted by molar-refractivity contribution is 5.92. The first-order chi connectivity index (χ1) is 10.2. The molecule has 1 amide bonds. The van der Waals surface area contributed by atoms with Crippen molar-refractivity contribution in [3.05, 3.63) is 52.3 Å². The lowest BCUT2D eigenvalue weighted by Crippen LogP contribution is -2.34. The molecule has 2 heterocycles. The number of nitrogens with zero attached hydrogens (tertiary/aromatic N) is 1. The number of H-pyrrole nitrogens is 1. The summed E-state index contributed by atoms with van der Waals surface area (Å²) in [5.74, 6) is -0.0118. The van der Waals surface area contributed by atoms with Crippen molar-refractivity contribution in [1.82, 2.24) is 9.88 Å². The van der Waals surface area contributed by atoms with E-state index in [9.17, 15) is 9.59 Å². The molecule has 108 valence electrons. The molecule has 0 radical (unpaired) electrons. The van der Waals surface area contributed by atoms with Crippen molar-refractivity contribution in [2.75, 3.05) is 13.1 Å².